The first-order chi connectivity index (χ1) is 15.1. The molecule has 0 atom stereocenters. The van der Waals surface area contributed by atoms with Gasteiger partial charge in [-0.25, -0.2) is 19.7 Å². The highest BCUT2D eigenvalue weighted by molar-refractivity contribution is 6.28. The maximum absolute atomic E-state index is 12.1. The van der Waals surface area contributed by atoms with Crippen molar-refractivity contribution in [3.8, 4) is 11.4 Å². The van der Waals surface area contributed by atoms with Crippen molar-refractivity contribution in [1.82, 2.24) is 19.5 Å². The fourth-order valence-corrected chi connectivity index (χ4v) is 3.83. The average molecular weight is 451 g/mol. The largest absolute Gasteiger partial charge is 0.465 e. The zero-order valence-corrected chi connectivity index (χ0v) is 18.9. The minimum atomic E-state index is -1.02. The molecule has 164 valence electrons. The van der Waals surface area contributed by atoms with E-state index in [2.05, 4.69) is 15.3 Å². The second kappa shape index (κ2) is 8.12. The van der Waals surface area contributed by atoms with Crippen molar-refractivity contribution >= 4 is 45.9 Å². The van der Waals surface area contributed by atoms with Crippen molar-refractivity contribution in [3.63, 3.8) is 0 Å². The summed E-state index contributed by atoms with van der Waals surface area (Å²) in [6.07, 6.45) is 0.564. The Morgan fingerprint density at radius 1 is 1.12 bits per heavy atom. The zero-order chi connectivity index (χ0) is 23.0. The number of anilines is 3. The second-order valence-corrected chi connectivity index (χ2v) is 8.68. The van der Waals surface area contributed by atoms with Crippen LogP contribution in [-0.4, -0.2) is 36.3 Å². The van der Waals surface area contributed by atoms with Gasteiger partial charge in [-0.3, -0.25) is 4.90 Å². The van der Waals surface area contributed by atoms with Crippen LogP contribution in [0.4, 0.5) is 22.0 Å². The van der Waals surface area contributed by atoms with Crippen LogP contribution >= 0.6 is 11.6 Å². The molecule has 0 saturated heterocycles. The molecular weight excluding hydrogens is 428 g/mol. The van der Waals surface area contributed by atoms with Gasteiger partial charge in [-0.1, -0.05) is 12.1 Å². The predicted octanol–water partition coefficient (Wildman–Crippen LogP) is 5.71. The molecule has 4 rings (SSSR count). The number of imidazole rings is 1. The number of hydrogen-bond donors (Lipinski definition) is 2. The van der Waals surface area contributed by atoms with Gasteiger partial charge in [0.05, 0.1) is 16.7 Å². The normalized spacial score (nSPS) is 11.5. The topological polar surface area (TPSA) is 96.2 Å². The lowest BCUT2D eigenvalue weighted by Crippen LogP contribution is -2.45. The molecule has 32 heavy (non-hydrogen) atoms. The number of rotatable bonds is 4. The van der Waals surface area contributed by atoms with E-state index < -0.39 is 11.6 Å². The van der Waals surface area contributed by atoms with E-state index in [-0.39, 0.29) is 5.28 Å². The van der Waals surface area contributed by atoms with Crippen LogP contribution in [0.5, 0.6) is 0 Å². The summed E-state index contributed by atoms with van der Waals surface area (Å²) in [6.45, 7) is 5.60. The fourth-order valence-electron chi connectivity index (χ4n) is 3.68. The van der Waals surface area contributed by atoms with E-state index in [1.54, 1.807) is 18.3 Å². The minimum absolute atomic E-state index is 0.162. The van der Waals surface area contributed by atoms with Gasteiger partial charge in [0, 0.05) is 30.0 Å². The fraction of sp³-hybridized carbons (Fsp3) is 0.217. The molecule has 2 aromatic carbocycles. The molecule has 2 aromatic heterocycles. The highest BCUT2D eigenvalue weighted by atomic mass is 35.5. The summed E-state index contributed by atoms with van der Waals surface area (Å²) in [6, 6.07) is 14.9. The Kier molecular flexibility index (Phi) is 5.48. The Hall–Kier alpha value is -3.65. The maximum Gasteiger partial charge on any atom is 0.412 e. The summed E-state index contributed by atoms with van der Waals surface area (Å²) in [5.74, 6) is 1.25. The Morgan fingerprint density at radius 3 is 2.56 bits per heavy atom. The Balaban J connectivity index is 1.79. The molecule has 0 aliphatic carbocycles. The first kappa shape index (κ1) is 21.6. The van der Waals surface area contributed by atoms with Gasteiger partial charge in [-0.15, -0.1) is 0 Å². The molecule has 0 spiro atoms. The van der Waals surface area contributed by atoms with Crippen molar-refractivity contribution in [2.75, 3.05) is 10.2 Å². The van der Waals surface area contributed by atoms with Crippen LogP contribution in [0.1, 0.15) is 20.8 Å². The monoisotopic (exact) mass is 450 g/mol. The van der Waals surface area contributed by atoms with Crippen LogP contribution in [0.2, 0.25) is 5.28 Å². The van der Waals surface area contributed by atoms with E-state index in [1.807, 2.05) is 68.8 Å². The number of amides is 1. The third kappa shape index (κ3) is 4.09. The number of fused-ring (bicyclic) bond motifs is 1. The smallest absolute Gasteiger partial charge is 0.412 e. The van der Waals surface area contributed by atoms with E-state index in [0.29, 0.717) is 17.3 Å². The van der Waals surface area contributed by atoms with Gasteiger partial charge >= 0.3 is 6.09 Å². The quantitative estimate of drug-likeness (QED) is 0.386. The first-order valence-electron chi connectivity index (χ1n) is 10.00. The number of halogens is 1. The number of carboxylic acid groups (broad SMARTS) is 1. The first-order valence-corrected chi connectivity index (χ1v) is 10.4. The molecule has 0 bridgehead atoms. The van der Waals surface area contributed by atoms with E-state index in [9.17, 15) is 9.90 Å². The number of benzene rings is 2. The van der Waals surface area contributed by atoms with Gasteiger partial charge in [-0.2, -0.15) is 0 Å². The molecule has 2 heterocycles. The van der Waals surface area contributed by atoms with Gasteiger partial charge in [0.2, 0.25) is 5.28 Å². The molecule has 0 fully saturated rings. The number of aryl methyl sites for hydroxylation is 1. The summed E-state index contributed by atoms with van der Waals surface area (Å²) in [5, 5.41) is 13.3. The number of aromatic nitrogens is 4. The summed E-state index contributed by atoms with van der Waals surface area (Å²) >= 11 is 5.87. The van der Waals surface area contributed by atoms with Crippen molar-refractivity contribution < 1.29 is 9.90 Å². The maximum atomic E-state index is 12.1. The molecule has 4 aromatic rings. The van der Waals surface area contributed by atoms with Gasteiger partial charge in [-0.05, 0) is 68.8 Å². The second-order valence-electron chi connectivity index (χ2n) is 8.34. The van der Waals surface area contributed by atoms with E-state index >= 15 is 0 Å². The number of hydrogen-bond acceptors (Lipinski definition) is 5. The molecule has 0 aliphatic heterocycles. The molecule has 1 amide bonds. The van der Waals surface area contributed by atoms with Crippen LogP contribution in [0.25, 0.3) is 22.4 Å². The Labute approximate surface area is 190 Å². The molecule has 0 unspecified atom stereocenters. The lowest BCUT2D eigenvalue weighted by Gasteiger charge is -2.34. The van der Waals surface area contributed by atoms with Gasteiger partial charge in [0.1, 0.15) is 11.6 Å². The average Bonchev–Trinajstić information content (AvgIpc) is 3.03. The lowest BCUT2D eigenvalue weighted by molar-refractivity contribution is 0.195. The van der Waals surface area contributed by atoms with Crippen LogP contribution in [-0.2, 0) is 7.05 Å². The zero-order valence-electron chi connectivity index (χ0n) is 18.2. The molecule has 0 saturated carbocycles. The van der Waals surface area contributed by atoms with Crippen molar-refractivity contribution in [1.29, 1.82) is 0 Å². The highest BCUT2D eigenvalue weighted by Crippen LogP contribution is 2.36. The van der Waals surface area contributed by atoms with Crippen LogP contribution in [0.3, 0.4) is 0 Å². The van der Waals surface area contributed by atoms with Gasteiger partial charge in [0.25, 0.3) is 0 Å². The highest BCUT2D eigenvalue weighted by Gasteiger charge is 2.30. The lowest BCUT2D eigenvalue weighted by atomic mass is 10.0. The molecule has 8 nitrogen and oxygen atoms in total. The molecule has 2 N–H and O–H groups in total. The number of carbonyl (C=O) groups is 1. The summed E-state index contributed by atoms with van der Waals surface area (Å²) in [7, 11) is 1.92. The standard InChI is InChI=1S/C23H23ClN6O2/c1-23(2,3)30(22(31)32)17-8-6-5-7-15(17)20-27-16-13-14(9-10-18(16)29(20)4)26-19-11-12-25-21(24)28-19/h5-13H,1-4H3,(H,31,32)(H,25,26,28). The summed E-state index contributed by atoms with van der Waals surface area (Å²) in [5.41, 5.74) is 3.17. The van der Waals surface area contributed by atoms with Gasteiger partial charge < -0.3 is 15.0 Å². The van der Waals surface area contributed by atoms with Gasteiger partial charge in [0.15, 0.2) is 0 Å². The van der Waals surface area contributed by atoms with Crippen LogP contribution in [0, 0.1) is 0 Å². The molecule has 0 radical (unpaired) electrons. The van der Waals surface area contributed by atoms with Crippen molar-refractivity contribution in [2.45, 2.75) is 26.3 Å². The van der Waals surface area contributed by atoms with Crippen LogP contribution < -0.4 is 10.2 Å². The number of para-hydroxylation sites is 1. The third-order valence-corrected chi connectivity index (χ3v) is 5.21. The Bertz CT molecular complexity index is 1310. The van der Waals surface area contributed by atoms with E-state index in [4.69, 9.17) is 16.6 Å². The summed E-state index contributed by atoms with van der Waals surface area (Å²) < 4.78 is 1.96. The SMILES string of the molecule is Cn1c(-c2ccccc2N(C(=O)O)C(C)(C)C)nc2cc(Nc3ccnc(Cl)n3)ccc21. The summed E-state index contributed by atoms with van der Waals surface area (Å²) in [4.78, 5) is 26.3. The Morgan fingerprint density at radius 2 is 1.88 bits per heavy atom. The third-order valence-electron chi connectivity index (χ3n) is 5.03. The van der Waals surface area contributed by atoms with Crippen LogP contribution in [0.15, 0.2) is 54.7 Å². The molecule has 0 aliphatic rings. The number of nitrogens with one attached hydrogen (secondary N) is 1. The molecule has 9 heteroatoms. The van der Waals surface area contributed by atoms with E-state index in [0.717, 1.165) is 22.3 Å². The molecular formula is C23H23ClN6O2. The predicted molar refractivity (Wildman–Crippen MR) is 127 cm³/mol. The van der Waals surface area contributed by atoms with Crippen molar-refractivity contribution in [2.24, 2.45) is 7.05 Å². The minimum Gasteiger partial charge on any atom is -0.465 e. The number of nitrogens with zero attached hydrogens (tertiary/aromatic N) is 5. The van der Waals surface area contributed by atoms with E-state index in [1.165, 1.54) is 4.90 Å². The van der Waals surface area contributed by atoms with Crippen molar-refractivity contribution in [3.05, 3.63) is 60.0 Å².